The number of primary amides is 1. The minimum atomic E-state index is -0.575. The molecule has 0 spiro atoms. The largest absolute Gasteiger partial charge is 1.00 e. The zero-order valence-electron chi connectivity index (χ0n) is 47.5. The van der Waals surface area contributed by atoms with E-state index in [0.29, 0.717) is 31.9 Å². The van der Waals surface area contributed by atoms with E-state index in [-0.39, 0.29) is 101 Å². The first-order chi connectivity index (χ1) is 35.0. The third-order valence-electron chi connectivity index (χ3n) is 13.4. The van der Waals surface area contributed by atoms with Gasteiger partial charge in [-0.1, -0.05) is 118 Å². The van der Waals surface area contributed by atoms with Crippen LogP contribution < -0.4 is 72.7 Å². The number of hydrogen-bond acceptors (Lipinski definition) is 11. The van der Waals surface area contributed by atoms with Crippen molar-refractivity contribution >= 4 is 59.8 Å². The molecule has 3 amide bonds. The van der Waals surface area contributed by atoms with Crippen molar-refractivity contribution < 1.29 is 75.7 Å². The molecule has 6 N–H and O–H groups in total. The number of aliphatic hydroxyl groups is 1. The molecule has 4 atom stereocenters. The van der Waals surface area contributed by atoms with Gasteiger partial charge in [0, 0.05) is 96.1 Å². The fourth-order valence-electron chi connectivity index (χ4n) is 8.92. The molecule has 1 saturated heterocycles. The molecular weight excluding hydrogens is 974 g/mol. The number of aliphatic hydroxyl groups excluding tert-OH is 1. The van der Waals surface area contributed by atoms with Gasteiger partial charge in [-0.05, 0) is 99.9 Å². The van der Waals surface area contributed by atoms with Gasteiger partial charge in [-0.3, -0.25) is 29.0 Å². The van der Waals surface area contributed by atoms with E-state index < -0.39 is 5.25 Å². The summed E-state index contributed by atoms with van der Waals surface area (Å²) in [5, 5.41) is 22.5. The smallest absolute Gasteiger partial charge is 0.638 e. The van der Waals surface area contributed by atoms with Crippen LogP contribution in [0.2, 0.25) is 0 Å². The number of H-pyrrole nitrogens is 1. The van der Waals surface area contributed by atoms with E-state index in [1.165, 1.54) is 35.3 Å². The van der Waals surface area contributed by atoms with Crippen molar-refractivity contribution in [1.29, 1.82) is 0 Å². The zero-order chi connectivity index (χ0) is 54.4. The SMILES string of the molecule is CC.CCC.CCC(C)CC.CCC(CC(C)N1C(=O)CC(S)C1=O)N(CO)CC(NC[N-]C(C)C(Nc1ccc2c(c1)/C(=C/N(C)C)c1c(C=O)[nH]c(C)c1CN2c1ccccc1)=C1CC1)=C1CC1.NC=O.[K+]. The molecule has 4 unspecified atom stereocenters. The predicted octanol–water partition coefficient (Wildman–Crippen LogP) is 8.41. The number of amides is 3. The number of nitrogens with one attached hydrogen (secondary N) is 3. The van der Waals surface area contributed by atoms with Crippen LogP contribution in [0.5, 0.6) is 0 Å². The Kier molecular flexibility index (Phi) is 30.6. The molecule has 3 aromatic rings. The first-order valence-electron chi connectivity index (χ1n) is 26.7. The van der Waals surface area contributed by atoms with Gasteiger partial charge in [-0.25, -0.2) is 0 Å². The Morgan fingerprint density at radius 3 is 2.05 bits per heavy atom. The van der Waals surface area contributed by atoms with Crippen LogP contribution in [-0.2, 0) is 20.9 Å². The van der Waals surface area contributed by atoms with E-state index in [1.54, 1.807) is 0 Å². The Balaban J connectivity index is 0.00000112. The van der Waals surface area contributed by atoms with Crippen molar-refractivity contribution in [2.75, 3.05) is 44.3 Å². The van der Waals surface area contributed by atoms with Crippen LogP contribution >= 0.6 is 12.6 Å². The van der Waals surface area contributed by atoms with Gasteiger partial charge in [0.1, 0.15) is 0 Å². The molecule has 4 aliphatic rings. The molecule has 0 bridgehead atoms. The fourth-order valence-corrected chi connectivity index (χ4v) is 9.20. The Hall–Kier alpha value is -3.71. The molecule has 2 saturated carbocycles. The molecule has 404 valence electrons. The monoisotopic (exact) mass is 1060 g/mol. The molecule has 3 fully saturated rings. The number of benzene rings is 2. The number of aromatic amines is 1. The number of carbonyl (C=O) groups excluding carboxylic acids is 4. The summed E-state index contributed by atoms with van der Waals surface area (Å²) in [6.07, 6.45) is 12.8. The Labute approximate surface area is 493 Å². The number of aromatic nitrogens is 1. The number of rotatable bonds is 20. The Morgan fingerprint density at radius 2 is 1.57 bits per heavy atom. The number of likely N-dealkylation sites (tertiary alicyclic amines) is 1. The van der Waals surface area contributed by atoms with Crippen molar-refractivity contribution in [1.82, 2.24) is 25.0 Å². The van der Waals surface area contributed by atoms with Crippen molar-refractivity contribution in [2.45, 2.75) is 170 Å². The summed E-state index contributed by atoms with van der Waals surface area (Å²) in [6.45, 7) is 24.6. The van der Waals surface area contributed by atoms with E-state index in [0.717, 1.165) is 101 Å². The number of aldehydes is 1. The van der Waals surface area contributed by atoms with E-state index in [1.807, 2.05) is 57.7 Å². The minimum absolute atomic E-state index is 0. The Morgan fingerprint density at radius 1 is 0.959 bits per heavy atom. The van der Waals surface area contributed by atoms with Gasteiger partial charge in [-0.2, -0.15) is 12.6 Å². The van der Waals surface area contributed by atoms with Gasteiger partial charge in [0.15, 0.2) is 6.29 Å². The number of aryl methyl sites for hydroxylation is 1. The van der Waals surface area contributed by atoms with E-state index in [4.69, 9.17) is 10.1 Å². The maximum Gasteiger partial charge on any atom is 1.00 e. The summed E-state index contributed by atoms with van der Waals surface area (Å²) in [4.78, 5) is 57.4. The van der Waals surface area contributed by atoms with Gasteiger partial charge in [-0.15, -0.1) is 0 Å². The molecular formula is C58H90KN9O5S. The minimum Gasteiger partial charge on any atom is -0.638 e. The molecule has 2 aliphatic heterocycles. The standard InChI is InChI=1S/C46H59N8O4S.C6H14.C3H8.C2H6.CH3NO.K/c1-7-34(19-28(2)54-43(57)21-42(59)46(54)58)52(27-56)24-39(31-13-14-31)48-26-47-30(4)45(32-15-16-32)50-33-17-18-41-36(20-33)38(22-51(5)6)44-37(29(3)49-40(44)25-55)23-53(41)35-11-9-8-10-12-35;1-4-6(3)5-2;1-3-2;1-2;2-1-3;/h8-12,17-18,20,22,25,28,30,34,42,48-50,56,59H,7,13-16,19,21,23-24,26-27H2,1-6H3;6H,4-5H2,1-3H3;3H2,1-2H3;1-2H3;1H,(H2,2,3);/q-1;;;;;+1/b38-22-;;;;;. The maximum absolute atomic E-state index is 12.7. The molecule has 0 radical (unpaired) electrons. The van der Waals surface area contributed by atoms with Crippen molar-refractivity contribution in [3.8, 4) is 0 Å². The number of nitrogens with zero attached hydrogens (tertiary/aromatic N) is 5. The predicted molar refractivity (Wildman–Crippen MR) is 306 cm³/mol. The Bertz CT molecular complexity index is 2320. The van der Waals surface area contributed by atoms with Crippen LogP contribution in [0.1, 0.15) is 166 Å². The normalized spacial score (nSPS) is 16.7. The summed E-state index contributed by atoms with van der Waals surface area (Å²) in [5.41, 5.74) is 17.8. The summed E-state index contributed by atoms with van der Waals surface area (Å²) in [6, 6.07) is 16.5. The van der Waals surface area contributed by atoms with Gasteiger partial charge >= 0.3 is 51.4 Å². The number of anilines is 3. The van der Waals surface area contributed by atoms with Gasteiger partial charge in [0.2, 0.25) is 18.2 Å². The maximum atomic E-state index is 12.7. The average Bonchev–Trinajstić information content (AvgIpc) is 4.33. The quantitative estimate of drug-likeness (QED) is 0.0212. The van der Waals surface area contributed by atoms with E-state index in [2.05, 4.69) is 136 Å². The number of carbonyl (C=O) groups is 4. The summed E-state index contributed by atoms with van der Waals surface area (Å²) in [7, 11) is 4.02. The van der Waals surface area contributed by atoms with Crippen molar-refractivity contribution in [3.05, 3.63) is 111 Å². The second-order valence-electron chi connectivity index (χ2n) is 19.3. The van der Waals surface area contributed by atoms with Gasteiger partial charge in [0.05, 0.1) is 24.2 Å². The first kappa shape index (κ1) is 66.4. The van der Waals surface area contributed by atoms with Crippen LogP contribution in [0.15, 0.2) is 77.3 Å². The second-order valence-corrected chi connectivity index (χ2v) is 20.0. The first-order valence-corrected chi connectivity index (χ1v) is 27.2. The number of nitrogens with two attached hydrogens (primary N) is 1. The van der Waals surface area contributed by atoms with Crippen LogP contribution in [0.25, 0.3) is 10.9 Å². The van der Waals surface area contributed by atoms with Crippen LogP contribution in [-0.4, -0.2) is 107 Å². The van der Waals surface area contributed by atoms with Crippen LogP contribution in [0.4, 0.5) is 17.1 Å². The van der Waals surface area contributed by atoms with Crippen LogP contribution in [0, 0.1) is 12.8 Å². The third kappa shape index (κ3) is 19.1. The molecule has 1 aromatic heterocycles. The van der Waals surface area contributed by atoms with Crippen LogP contribution in [0.3, 0.4) is 0 Å². The average molecular weight is 1060 g/mol. The molecule has 3 heterocycles. The summed E-state index contributed by atoms with van der Waals surface area (Å²) >= 11 is 4.30. The number of allylic oxidation sites excluding steroid dienone is 2. The second kappa shape index (κ2) is 34.1. The van der Waals surface area contributed by atoms with Gasteiger partial charge in [0.25, 0.3) is 0 Å². The van der Waals surface area contributed by atoms with Crippen molar-refractivity contribution in [2.24, 2.45) is 11.7 Å². The van der Waals surface area contributed by atoms with E-state index in [9.17, 15) is 19.5 Å². The molecule has 14 nitrogen and oxygen atoms in total. The van der Waals surface area contributed by atoms with Crippen molar-refractivity contribution in [3.63, 3.8) is 0 Å². The zero-order valence-corrected chi connectivity index (χ0v) is 51.5. The summed E-state index contributed by atoms with van der Waals surface area (Å²) < 4.78 is 0. The molecule has 2 aliphatic carbocycles. The topological polar surface area (TPSA) is 181 Å². The molecule has 16 heteroatoms. The molecule has 74 heavy (non-hydrogen) atoms. The molecule has 7 rings (SSSR count). The number of fused-ring (bicyclic) bond motifs is 2. The fraction of sp³-hybridized carbons (Fsp3) is 0.552. The third-order valence-corrected chi connectivity index (χ3v) is 13.8. The van der Waals surface area contributed by atoms with E-state index >= 15 is 0 Å². The molecule has 2 aromatic carbocycles. The van der Waals surface area contributed by atoms with Gasteiger partial charge < -0.3 is 41.6 Å². The number of imide groups is 1. The number of para-hydroxylation sites is 1. The number of thiol groups is 1. The summed E-state index contributed by atoms with van der Waals surface area (Å²) in [5.74, 6) is 0.526. The number of hydrogen-bond donors (Lipinski definition) is 6.